The number of aliphatic hydroxyl groups is 3. The van der Waals surface area contributed by atoms with E-state index in [1.807, 2.05) is 6.92 Å². The van der Waals surface area contributed by atoms with Crippen LogP contribution in [0.15, 0.2) is 38.0 Å². The van der Waals surface area contributed by atoms with E-state index < -0.39 is 41.2 Å². The summed E-state index contributed by atoms with van der Waals surface area (Å²) in [4.78, 5) is 60.3. The molecule has 0 aliphatic carbocycles. The molecule has 15 nitrogen and oxygen atoms in total. The molecule has 0 aromatic rings. The zero-order valence-corrected chi connectivity index (χ0v) is 21.8. The molecule has 39 heavy (non-hydrogen) atoms. The summed E-state index contributed by atoms with van der Waals surface area (Å²) in [5.74, 6) is -4.76. The number of carboxylic acid groups (broad SMARTS) is 3. The fourth-order valence-corrected chi connectivity index (χ4v) is 1.38. The number of rotatable bonds is 16. The van der Waals surface area contributed by atoms with Crippen molar-refractivity contribution in [2.24, 2.45) is 5.41 Å². The highest BCUT2D eigenvalue weighted by Gasteiger charge is 2.24. The minimum absolute atomic E-state index is 0.0970. The van der Waals surface area contributed by atoms with E-state index in [1.54, 1.807) is 0 Å². The summed E-state index contributed by atoms with van der Waals surface area (Å²) in [6.45, 7) is 10.5. The maximum atomic E-state index is 10.3. The number of ether oxygens (including phenoxy) is 3. The van der Waals surface area contributed by atoms with Gasteiger partial charge in [-0.25, -0.2) is 14.4 Å². The highest BCUT2D eigenvalue weighted by atomic mass is 16.5. The first kappa shape index (κ1) is 42.0. The van der Waals surface area contributed by atoms with Gasteiger partial charge in [0.15, 0.2) is 0 Å². The fraction of sp³-hybridized carbons (Fsp3) is 0.500. The van der Waals surface area contributed by atoms with Crippen molar-refractivity contribution in [3.8, 4) is 0 Å². The molecule has 0 atom stereocenters. The minimum Gasteiger partial charge on any atom is -0.481 e. The van der Waals surface area contributed by atoms with Gasteiger partial charge in [-0.1, -0.05) is 26.7 Å². The van der Waals surface area contributed by atoms with Crippen molar-refractivity contribution in [2.75, 3.05) is 39.6 Å². The maximum absolute atomic E-state index is 10.3. The summed E-state index contributed by atoms with van der Waals surface area (Å²) in [5, 5.41) is 50.2. The van der Waals surface area contributed by atoms with Gasteiger partial charge in [0.1, 0.15) is 19.8 Å². The van der Waals surface area contributed by atoms with Crippen molar-refractivity contribution in [3.63, 3.8) is 0 Å². The number of hydrogen-bond donors (Lipinski definition) is 6. The lowest BCUT2D eigenvalue weighted by molar-refractivity contribution is -0.144. The van der Waals surface area contributed by atoms with E-state index in [9.17, 15) is 28.8 Å². The van der Waals surface area contributed by atoms with Gasteiger partial charge in [0.05, 0.1) is 39.1 Å². The molecule has 6 N–H and O–H groups in total. The number of aliphatic carboxylic acids is 3. The standard InChI is InChI=1S/3C6H8O4.C6H14O3/c3*1-2-6(9)10-4-3-5(7)8;1-2-6(3-7,4-8)5-9/h3*2H,1,3-4H2,(H,7,8);7-9H,2-5H2,1H3. The molecule has 0 radical (unpaired) electrons. The first-order valence-corrected chi connectivity index (χ1v) is 11.1. The first-order chi connectivity index (χ1) is 18.2. The third-order valence-corrected chi connectivity index (χ3v) is 3.94. The lowest BCUT2D eigenvalue weighted by atomic mass is 9.88. The summed E-state index contributed by atoms with van der Waals surface area (Å²) < 4.78 is 13.1. The molecule has 0 saturated heterocycles. The Kier molecular flexibility index (Phi) is 30.7. The quantitative estimate of drug-likeness (QED) is 0.0812. The Morgan fingerprint density at radius 2 is 0.821 bits per heavy atom. The number of carbonyl (C=O) groups excluding carboxylic acids is 3. The maximum Gasteiger partial charge on any atom is 0.330 e. The van der Waals surface area contributed by atoms with Crippen LogP contribution >= 0.6 is 0 Å². The molecule has 0 aromatic heterocycles. The molecular weight excluding hydrogens is 528 g/mol. The van der Waals surface area contributed by atoms with Gasteiger partial charge in [-0.05, 0) is 6.42 Å². The zero-order valence-electron chi connectivity index (χ0n) is 21.8. The predicted octanol–water partition coefficient (Wildman–Crippen LogP) is -0.0694. The van der Waals surface area contributed by atoms with Crippen LogP contribution < -0.4 is 0 Å². The second-order valence-electron chi connectivity index (χ2n) is 6.87. The smallest absolute Gasteiger partial charge is 0.330 e. The number of hydrogen-bond acceptors (Lipinski definition) is 12. The molecule has 15 heteroatoms. The summed E-state index contributed by atoms with van der Waals surface area (Å²) in [6.07, 6.45) is 3.06. The average Bonchev–Trinajstić information content (AvgIpc) is 2.90. The molecule has 0 aliphatic heterocycles. The van der Waals surface area contributed by atoms with Crippen LogP contribution in [0.25, 0.3) is 0 Å². The molecule has 0 bridgehead atoms. The van der Waals surface area contributed by atoms with Crippen molar-refractivity contribution >= 4 is 35.8 Å². The number of carboxylic acids is 3. The van der Waals surface area contributed by atoms with Gasteiger partial charge >= 0.3 is 35.8 Å². The van der Waals surface area contributed by atoms with E-state index in [1.165, 1.54) is 0 Å². The third kappa shape index (κ3) is 33.9. The Bertz CT molecular complexity index is 666. The second kappa shape index (κ2) is 28.5. The van der Waals surface area contributed by atoms with E-state index >= 15 is 0 Å². The molecule has 0 saturated carbocycles. The van der Waals surface area contributed by atoms with Crippen molar-refractivity contribution in [3.05, 3.63) is 38.0 Å². The van der Waals surface area contributed by atoms with Crippen LogP contribution in [0.2, 0.25) is 0 Å². The van der Waals surface area contributed by atoms with Crippen molar-refractivity contribution in [1.82, 2.24) is 0 Å². The summed E-state index contributed by atoms with van der Waals surface area (Å²) in [5.41, 5.74) is -0.667. The van der Waals surface area contributed by atoms with Gasteiger partial charge in [0, 0.05) is 23.6 Å². The van der Waals surface area contributed by atoms with Gasteiger partial charge in [-0.15, -0.1) is 0 Å². The Hall–Kier alpha value is -4.08. The number of carbonyl (C=O) groups is 6. The topological polar surface area (TPSA) is 251 Å². The van der Waals surface area contributed by atoms with Crippen molar-refractivity contribution < 1.29 is 73.6 Å². The lowest BCUT2D eigenvalue weighted by Crippen LogP contribution is -2.32. The van der Waals surface area contributed by atoms with Crippen LogP contribution in [-0.2, 0) is 43.0 Å². The Labute approximate surface area is 225 Å². The first-order valence-electron chi connectivity index (χ1n) is 11.1. The van der Waals surface area contributed by atoms with Crippen LogP contribution in [0.1, 0.15) is 32.6 Å². The molecule has 0 unspecified atom stereocenters. The monoisotopic (exact) mass is 566 g/mol. The van der Waals surface area contributed by atoms with Gasteiger partial charge in [0.2, 0.25) is 0 Å². The average molecular weight is 567 g/mol. The fourth-order valence-electron chi connectivity index (χ4n) is 1.38. The van der Waals surface area contributed by atoms with Gasteiger partial charge in [0.25, 0.3) is 0 Å². The number of aliphatic hydroxyl groups excluding tert-OH is 3. The Morgan fingerprint density at radius 1 is 0.590 bits per heavy atom. The van der Waals surface area contributed by atoms with E-state index in [4.69, 9.17) is 30.6 Å². The van der Waals surface area contributed by atoms with Crippen molar-refractivity contribution in [1.29, 1.82) is 0 Å². The highest BCUT2D eigenvalue weighted by molar-refractivity contribution is 5.82. The van der Waals surface area contributed by atoms with Crippen LogP contribution in [0, 0.1) is 5.41 Å². The molecule has 0 rings (SSSR count). The Morgan fingerprint density at radius 3 is 0.923 bits per heavy atom. The molecule has 224 valence electrons. The molecule has 0 aliphatic rings. The van der Waals surface area contributed by atoms with Crippen LogP contribution in [0.3, 0.4) is 0 Å². The van der Waals surface area contributed by atoms with Gasteiger partial charge < -0.3 is 44.8 Å². The van der Waals surface area contributed by atoms with Gasteiger partial charge in [-0.2, -0.15) is 0 Å². The van der Waals surface area contributed by atoms with E-state index in [2.05, 4.69) is 33.9 Å². The van der Waals surface area contributed by atoms with Gasteiger partial charge in [-0.3, -0.25) is 14.4 Å². The summed E-state index contributed by atoms with van der Waals surface area (Å²) in [6, 6.07) is 0. The molecule has 0 heterocycles. The SMILES string of the molecule is C=CC(=O)OCCC(=O)O.C=CC(=O)OCCC(=O)O.C=CC(=O)OCCC(=O)O.CCC(CO)(CO)CO. The lowest BCUT2D eigenvalue weighted by Gasteiger charge is -2.24. The predicted molar refractivity (Wildman–Crippen MR) is 134 cm³/mol. The molecule has 0 amide bonds. The molecule has 0 aromatic carbocycles. The third-order valence-electron chi connectivity index (χ3n) is 3.94. The largest absolute Gasteiger partial charge is 0.481 e. The molecular formula is C24H38O15. The van der Waals surface area contributed by atoms with E-state index in [0.717, 1.165) is 18.2 Å². The summed E-state index contributed by atoms with van der Waals surface area (Å²) in [7, 11) is 0. The van der Waals surface area contributed by atoms with Crippen LogP contribution in [0.5, 0.6) is 0 Å². The minimum atomic E-state index is -0.989. The highest BCUT2D eigenvalue weighted by Crippen LogP contribution is 2.18. The zero-order chi connectivity index (χ0) is 31.3. The van der Waals surface area contributed by atoms with E-state index in [-0.39, 0.29) is 58.9 Å². The molecule has 0 fully saturated rings. The van der Waals surface area contributed by atoms with Crippen LogP contribution in [-0.4, -0.2) is 106 Å². The van der Waals surface area contributed by atoms with Crippen LogP contribution in [0.4, 0.5) is 0 Å². The number of esters is 3. The van der Waals surface area contributed by atoms with Crippen molar-refractivity contribution in [2.45, 2.75) is 32.6 Å². The normalized spacial score (nSPS) is 9.23. The second-order valence-corrected chi connectivity index (χ2v) is 6.87. The van der Waals surface area contributed by atoms with E-state index in [0.29, 0.717) is 6.42 Å². The Balaban J connectivity index is -0.000000210. The summed E-state index contributed by atoms with van der Waals surface area (Å²) >= 11 is 0. The molecule has 0 spiro atoms.